The molecule has 2 heteroatoms. The van der Waals surface area contributed by atoms with Crippen molar-refractivity contribution in [3.8, 4) is 0 Å². The fourth-order valence-corrected chi connectivity index (χ4v) is 1.04. The average Bonchev–Trinajstić information content (AvgIpc) is 2.03. The molecule has 0 aromatic rings. The predicted octanol–water partition coefficient (Wildman–Crippen LogP) is 3.07. The van der Waals surface area contributed by atoms with Gasteiger partial charge in [0.15, 0.2) is 0 Å². The van der Waals surface area contributed by atoms with Gasteiger partial charge in [-0.25, -0.2) is 0 Å². The Kier molecular flexibility index (Phi) is 4.64. The summed E-state index contributed by atoms with van der Waals surface area (Å²) in [5.41, 5.74) is 0.239. The Hall–Kier alpha value is -0.790. The Bertz CT molecular complexity index is 161. The van der Waals surface area contributed by atoms with Crippen molar-refractivity contribution in [2.75, 3.05) is 0 Å². The van der Waals surface area contributed by atoms with E-state index in [-0.39, 0.29) is 5.41 Å². The van der Waals surface area contributed by atoms with Crippen molar-refractivity contribution in [2.24, 2.45) is 16.5 Å². The van der Waals surface area contributed by atoms with Gasteiger partial charge < -0.3 is 5.21 Å². The summed E-state index contributed by atoms with van der Waals surface area (Å²) in [4.78, 5) is 0. The van der Waals surface area contributed by atoms with Crippen LogP contribution in [0, 0.1) is 11.3 Å². The van der Waals surface area contributed by atoms with E-state index in [1.54, 1.807) is 0 Å². The van der Waals surface area contributed by atoms with Gasteiger partial charge in [0.25, 0.3) is 0 Å². The molecule has 0 saturated carbocycles. The molecule has 0 spiro atoms. The first kappa shape index (κ1) is 11.2. The number of rotatable bonds is 5. The van der Waals surface area contributed by atoms with Gasteiger partial charge in [-0.2, -0.15) is 0 Å². The van der Waals surface area contributed by atoms with E-state index in [1.807, 2.05) is 6.08 Å². The third-order valence-electron chi connectivity index (χ3n) is 2.59. The molecule has 0 bridgehead atoms. The minimum atomic E-state index is 0.239. The Labute approximate surface area is 75.0 Å². The van der Waals surface area contributed by atoms with Gasteiger partial charge in [-0.1, -0.05) is 26.8 Å². The number of hydrogen-bond donors (Lipinski definition) is 1. The van der Waals surface area contributed by atoms with E-state index in [0.29, 0.717) is 5.92 Å². The van der Waals surface area contributed by atoms with Crippen molar-refractivity contribution in [2.45, 2.75) is 33.6 Å². The summed E-state index contributed by atoms with van der Waals surface area (Å²) in [7, 11) is 0. The Balaban J connectivity index is 3.93. The molecular formula is C10H19NO. The molecule has 0 aliphatic rings. The van der Waals surface area contributed by atoms with E-state index >= 15 is 0 Å². The average molecular weight is 169 g/mol. The fraction of sp³-hybridized carbons (Fsp3) is 0.700. The molecule has 0 aromatic heterocycles. The Morgan fingerprint density at radius 1 is 1.58 bits per heavy atom. The molecule has 2 nitrogen and oxygen atoms in total. The molecule has 0 amide bonds. The first-order valence-corrected chi connectivity index (χ1v) is 4.33. The second-order valence-corrected chi connectivity index (χ2v) is 3.85. The van der Waals surface area contributed by atoms with Crippen LogP contribution < -0.4 is 0 Å². The molecule has 0 fully saturated rings. The number of nitrogens with zero attached hydrogens (tertiary/aromatic N) is 1. The molecule has 0 rings (SSSR count). The maximum atomic E-state index is 8.21. The standard InChI is InChI=1S/C10H19NO/c1-5-9(2)10(3,4)7-6-8-11-12/h5,8-9,12H,1,6-7H2,2-4H3/b11-8+. The smallest absolute Gasteiger partial charge is 0.0436 e. The fourth-order valence-electron chi connectivity index (χ4n) is 1.04. The van der Waals surface area contributed by atoms with Crippen LogP contribution in [0.3, 0.4) is 0 Å². The minimum Gasteiger partial charge on any atom is -0.411 e. The summed E-state index contributed by atoms with van der Waals surface area (Å²) in [6.45, 7) is 10.3. The highest BCUT2D eigenvalue weighted by molar-refractivity contribution is 5.56. The van der Waals surface area contributed by atoms with Gasteiger partial charge in [-0.15, -0.1) is 11.7 Å². The highest BCUT2D eigenvalue weighted by atomic mass is 16.4. The summed E-state index contributed by atoms with van der Waals surface area (Å²) in [6.07, 6.45) is 5.35. The van der Waals surface area contributed by atoms with Gasteiger partial charge in [0.05, 0.1) is 0 Å². The van der Waals surface area contributed by atoms with E-state index in [4.69, 9.17) is 5.21 Å². The summed E-state index contributed by atoms with van der Waals surface area (Å²) in [5.74, 6) is 0.490. The molecule has 1 unspecified atom stereocenters. The number of hydrogen-bond acceptors (Lipinski definition) is 2. The molecule has 0 aliphatic carbocycles. The van der Waals surface area contributed by atoms with Crippen LogP contribution in [0.25, 0.3) is 0 Å². The van der Waals surface area contributed by atoms with E-state index in [2.05, 4.69) is 32.5 Å². The van der Waals surface area contributed by atoms with Crippen LogP contribution in [0.15, 0.2) is 17.8 Å². The highest BCUT2D eigenvalue weighted by Gasteiger charge is 2.22. The summed E-state index contributed by atoms with van der Waals surface area (Å²) in [6, 6.07) is 0. The first-order valence-electron chi connectivity index (χ1n) is 4.33. The van der Waals surface area contributed by atoms with Crippen molar-refractivity contribution in [1.82, 2.24) is 0 Å². The number of allylic oxidation sites excluding steroid dienone is 1. The lowest BCUT2D eigenvalue weighted by Gasteiger charge is -2.28. The molecule has 1 atom stereocenters. The van der Waals surface area contributed by atoms with Gasteiger partial charge >= 0.3 is 0 Å². The van der Waals surface area contributed by atoms with E-state index in [1.165, 1.54) is 6.21 Å². The van der Waals surface area contributed by atoms with Gasteiger partial charge in [0, 0.05) is 6.21 Å². The lowest BCUT2D eigenvalue weighted by Crippen LogP contribution is -2.19. The second kappa shape index (κ2) is 4.96. The second-order valence-electron chi connectivity index (χ2n) is 3.85. The molecule has 0 saturated heterocycles. The third kappa shape index (κ3) is 3.56. The lowest BCUT2D eigenvalue weighted by molar-refractivity contribution is 0.258. The molecule has 0 aromatic carbocycles. The molecule has 0 heterocycles. The Morgan fingerprint density at radius 3 is 2.58 bits per heavy atom. The van der Waals surface area contributed by atoms with Gasteiger partial charge in [-0.3, -0.25) is 0 Å². The zero-order valence-corrected chi connectivity index (χ0v) is 8.25. The summed E-state index contributed by atoms with van der Waals surface area (Å²) >= 11 is 0. The quantitative estimate of drug-likeness (QED) is 0.292. The summed E-state index contributed by atoms with van der Waals surface area (Å²) in [5, 5.41) is 11.2. The van der Waals surface area contributed by atoms with E-state index < -0.39 is 0 Å². The normalized spacial score (nSPS) is 14.9. The van der Waals surface area contributed by atoms with E-state index in [0.717, 1.165) is 12.8 Å². The van der Waals surface area contributed by atoms with Crippen LogP contribution in [0.2, 0.25) is 0 Å². The van der Waals surface area contributed by atoms with Gasteiger partial charge in [0.1, 0.15) is 0 Å². The number of oxime groups is 1. The van der Waals surface area contributed by atoms with Gasteiger partial charge in [0.2, 0.25) is 0 Å². The molecule has 70 valence electrons. The highest BCUT2D eigenvalue weighted by Crippen LogP contribution is 2.31. The lowest BCUT2D eigenvalue weighted by atomic mass is 9.76. The largest absolute Gasteiger partial charge is 0.411 e. The Morgan fingerprint density at radius 2 is 2.17 bits per heavy atom. The molecule has 12 heavy (non-hydrogen) atoms. The topological polar surface area (TPSA) is 32.6 Å². The third-order valence-corrected chi connectivity index (χ3v) is 2.59. The summed E-state index contributed by atoms with van der Waals surface area (Å²) < 4.78 is 0. The van der Waals surface area contributed by atoms with Crippen molar-refractivity contribution >= 4 is 6.21 Å². The minimum absolute atomic E-state index is 0.239. The van der Waals surface area contributed by atoms with Crippen LogP contribution in [-0.4, -0.2) is 11.4 Å². The van der Waals surface area contributed by atoms with Gasteiger partial charge in [-0.05, 0) is 24.2 Å². The van der Waals surface area contributed by atoms with Crippen molar-refractivity contribution in [1.29, 1.82) is 0 Å². The van der Waals surface area contributed by atoms with Crippen LogP contribution in [0.1, 0.15) is 33.6 Å². The van der Waals surface area contributed by atoms with Crippen molar-refractivity contribution < 1.29 is 5.21 Å². The molecule has 0 radical (unpaired) electrons. The maximum Gasteiger partial charge on any atom is 0.0436 e. The van der Waals surface area contributed by atoms with Crippen LogP contribution in [0.5, 0.6) is 0 Å². The predicted molar refractivity (Wildman–Crippen MR) is 52.7 cm³/mol. The van der Waals surface area contributed by atoms with Crippen molar-refractivity contribution in [3.63, 3.8) is 0 Å². The van der Waals surface area contributed by atoms with Crippen LogP contribution >= 0.6 is 0 Å². The van der Waals surface area contributed by atoms with Crippen LogP contribution in [-0.2, 0) is 0 Å². The zero-order chi connectivity index (χ0) is 9.61. The monoisotopic (exact) mass is 169 g/mol. The van der Waals surface area contributed by atoms with E-state index in [9.17, 15) is 0 Å². The zero-order valence-electron chi connectivity index (χ0n) is 8.25. The maximum absolute atomic E-state index is 8.21. The van der Waals surface area contributed by atoms with Crippen molar-refractivity contribution in [3.05, 3.63) is 12.7 Å². The molecule has 1 N–H and O–H groups in total. The van der Waals surface area contributed by atoms with Crippen LogP contribution in [0.4, 0.5) is 0 Å². The SMILES string of the molecule is C=CC(C)C(C)(C)CC/C=N/O. The molecule has 0 aliphatic heterocycles. The molecular weight excluding hydrogens is 150 g/mol. The first-order chi connectivity index (χ1) is 5.54.